The van der Waals surface area contributed by atoms with Gasteiger partial charge in [0.1, 0.15) is 5.76 Å². The summed E-state index contributed by atoms with van der Waals surface area (Å²) in [6, 6.07) is 1.95. The van der Waals surface area contributed by atoms with Gasteiger partial charge in [-0.3, -0.25) is 4.79 Å². The Bertz CT molecular complexity index is 307. The number of aryl methyl sites for hydroxylation is 1. The second-order valence-corrected chi connectivity index (χ2v) is 3.63. The van der Waals surface area contributed by atoms with E-state index in [4.69, 9.17) is 10.2 Å². The molecule has 3 N–H and O–H groups in total. The number of hydrogen-bond acceptors (Lipinski definition) is 3. The second-order valence-electron chi connectivity index (χ2n) is 3.63. The zero-order chi connectivity index (χ0) is 11.1. The fourth-order valence-electron chi connectivity index (χ4n) is 1.34. The lowest BCUT2D eigenvalue weighted by atomic mass is 10.2. The number of furan rings is 1. The first-order chi connectivity index (χ1) is 7.20. The lowest BCUT2D eigenvalue weighted by Gasteiger charge is -2.02. The van der Waals surface area contributed by atoms with Crippen LogP contribution in [0.1, 0.15) is 30.6 Å². The van der Waals surface area contributed by atoms with E-state index in [0.717, 1.165) is 31.7 Å². The van der Waals surface area contributed by atoms with Crippen molar-refractivity contribution in [2.45, 2.75) is 32.7 Å². The molecule has 0 saturated carbocycles. The highest BCUT2D eigenvalue weighted by molar-refractivity contribution is 5.73. The van der Waals surface area contributed by atoms with Crippen LogP contribution in [0.4, 0.5) is 0 Å². The van der Waals surface area contributed by atoms with Gasteiger partial charge in [-0.1, -0.05) is 0 Å². The number of unbranched alkanes of at least 4 members (excludes halogenated alkanes) is 1. The molecule has 84 valence electrons. The summed E-state index contributed by atoms with van der Waals surface area (Å²) in [5.41, 5.74) is 6.20. The van der Waals surface area contributed by atoms with E-state index in [1.165, 1.54) is 5.56 Å². The molecule has 0 fully saturated rings. The molecule has 1 rings (SSSR count). The summed E-state index contributed by atoms with van der Waals surface area (Å²) in [4.78, 5) is 10.5. The van der Waals surface area contributed by atoms with Crippen LogP contribution in [-0.4, -0.2) is 12.5 Å². The molecule has 0 saturated heterocycles. The predicted molar refractivity (Wildman–Crippen MR) is 58.2 cm³/mol. The Hall–Kier alpha value is -1.29. The molecular weight excluding hydrogens is 192 g/mol. The summed E-state index contributed by atoms with van der Waals surface area (Å²) in [5, 5.41) is 3.26. The number of hydrogen-bond donors (Lipinski definition) is 2. The average molecular weight is 210 g/mol. The van der Waals surface area contributed by atoms with Crippen molar-refractivity contribution >= 4 is 5.91 Å². The zero-order valence-corrected chi connectivity index (χ0v) is 9.08. The molecule has 0 aromatic carbocycles. The van der Waals surface area contributed by atoms with Gasteiger partial charge in [0, 0.05) is 6.42 Å². The van der Waals surface area contributed by atoms with Gasteiger partial charge < -0.3 is 15.5 Å². The van der Waals surface area contributed by atoms with E-state index in [2.05, 4.69) is 5.32 Å². The number of primary amides is 1. The quantitative estimate of drug-likeness (QED) is 0.667. The minimum atomic E-state index is -0.225. The van der Waals surface area contributed by atoms with Crippen molar-refractivity contribution in [2.75, 3.05) is 6.54 Å². The Morgan fingerprint density at radius 1 is 1.53 bits per heavy atom. The second kappa shape index (κ2) is 6.24. The van der Waals surface area contributed by atoms with Crippen LogP contribution >= 0.6 is 0 Å². The van der Waals surface area contributed by atoms with Gasteiger partial charge in [0.25, 0.3) is 0 Å². The van der Waals surface area contributed by atoms with Crippen LogP contribution in [0.15, 0.2) is 16.7 Å². The summed E-state index contributed by atoms with van der Waals surface area (Å²) < 4.78 is 5.27. The van der Waals surface area contributed by atoms with Crippen LogP contribution in [-0.2, 0) is 11.3 Å². The predicted octanol–water partition coefficient (Wildman–Crippen LogP) is 1.33. The highest BCUT2D eigenvalue weighted by Gasteiger charge is 2.00. The molecule has 0 atom stereocenters. The molecule has 4 heteroatoms. The van der Waals surface area contributed by atoms with Gasteiger partial charge in [-0.2, -0.15) is 0 Å². The Morgan fingerprint density at radius 2 is 2.33 bits per heavy atom. The Kier molecular flexibility index (Phi) is 4.90. The van der Waals surface area contributed by atoms with Crippen molar-refractivity contribution < 1.29 is 9.21 Å². The van der Waals surface area contributed by atoms with E-state index in [1.807, 2.05) is 13.0 Å². The van der Waals surface area contributed by atoms with E-state index in [0.29, 0.717) is 6.42 Å². The van der Waals surface area contributed by atoms with Crippen LogP contribution in [0.3, 0.4) is 0 Å². The third-order valence-corrected chi connectivity index (χ3v) is 2.28. The van der Waals surface area contributed by atoms with Gasteiger partial charge in [0.15, 0.2) is 0 Å². The van der Waals surface area contributed by atoms with Crippen molar-refractivity contribution in [3.05, 3.63) is 23.7 Å². The summed E-state index contributed by atoms with van der Waals surface area (Å²) in [6.45, 7) is 3.65. The lowest BCUT2D eigenvalue weighted by Crippen LogP contribution is -2.16. The van der Waals surface area contributed by atoms with Gasteiger partial charge in [0.2, 0.25) is 5.91 Å². The minimum Gasteiger partial charge on any atom is -0.468 e. The third-order valence-electron chi connectivity index (χ3n) is 2.28. The van der Waals surface area contributed by atoms with Crippen molar-refractivity contribution in [2.24, 2.45) is 5.73 Å². The molecule has 1 amide bonds. The number of nitrogens with two attached hydrogens (primary N) is 1. The smallest absolute Gasteiger partial charge is 0.217 e. The highest BCUT2D eigenvalue weighted by atomic mass is 16.3. The van der Waals surface area contributed by atoms with E-state index in [9.17, 15) is 4.79 Å². The summed E-state index contributed by atoms with van der Waals surface area (Å²) in [7, 11) is 0. The van der Waals surface area contributed by atoms with Crippen molar-refractivity contribution in [3.63, 3.8) is 0 Å². The monoisotopic (exact) mass is 210 g/mol. The first-order valence-corrected chi connectivity index (χ1v) is 5.22. The average Bonchev–Trinajstić information content (AvgIpc) is 2.57. The largest absolute Gasteiger partial charge is 0.468 e. The number of nitrogens with one attached hydrogen (secondary N) is 1. The van der Waals surface area contributed by atoms with E-state index >= 15 is 0 Å². The third kappa shape index (κ3) is 4.65. The first-order valence-electron chi connectivity index (χ1n) is 5.22. The highest BCUT2D eigenvalue weighted by Crippen LogP contribution is 2.07. The molecule has 0 spiro atoms. The maximum Gasteiger partial charge on any atom is 0.217 e. The van der Waals surface area contributed by atoms with Crippen LogP contribution in [0.5, 0.6) is 0 Å². The van der Waals surface area contributed by atoms with Crippen molar-refractivity contribution in [1.82, 2.24) is 5.32 Å². The Morgan fingerprint density at radius 3 is 2.93 bits per heavy atom. The molecule has 1 heterocycles. The summed E-state index contributed by atoms with van der Waals surface area (Å²) >= 11 is 0. The first kappa shape index (κ1) is 11.8. The molecule has 0 aliphatic rings. The molecule has 0 bridgehead atoms. The van der Waals surface area contributed by atoms with Crippen molar-refractivity contribution in [1.29, 1.82) is 0 Å². The van der Waals surface area contributed by atoms with Gasteiger partial charge in [-0.25, -0.2) is 0 Å². The lowest BCUT2D eigenvalue weighted by molar-refractivity contribution is -0.118. The van der Waals surface area contributed by atoms with Crippen LogP contribution in [0, 0.1) is 6.92 Å². The fraction of sp³-hybridized carbons (Fsp3) is 0.545. The SMILES string of the molecule is Cc1ccoc1CNCCCCC(N)=O. The molecule has 1 aromatic rings. The number of rotatable bonds is 7. The zero-order valence-electron chi connectivity index (χ0n) is 9.08. The molecule has 4 nitrogen and oxygen atoms in total. The molecule has 0 radical (unpaired) electrons. The Labute approximate surface area is 89.8 Å². The van der Waals surface area contributed by atoms with Crippen LogP contribution in [0.2, 0.25) is 0 Å². The Balaban J connectivity index is 2.03. The van der Waals surface area contributed by atoms with Gasteiger partial charge in [-0.05, 0) is 37.9 Å². The topological polar surface area (TPSA) is 68.3 Å². The van der Waals surface area contributed by atoms with Gasteiger partial charge in [0.05, 0.1) is 12.8 Å². The summed E-state index contributed by atoms with van der Waals surface area (Å²) in [6.07, 6.45) is 3.98. The van der Waals surface area contributed by atoms with Gasteiger partial charge in [-0.15, -0.1) is 0 Å². The standard InChI is InChI=1S/C11H18N2O2/c1-9-5-7-15-10(9)8-13-6-3-2-4-11(12)14/h5,7,13H,2-4,6,8H2,1H3,(H2,12,14). The maximum absolute atomic E-state index is 10.5. The van der Waals surface area contributed by atoms with Crippen LogP contribution < -0.4 is 11.1 Å². The maximum atomic E-state index is 10.5. The molecule has 0 aliphatic carbocycles. The summed E-state index contributed by atoms with van der Waals surface area (Å²) in [5.74, 6) is 0.752. The molecular formula is C11H18N2O2. The molecule has 15 heavy (non-hydrogen) atoms. The van der Waals surface area contributed by atoms with E-state index in [-0.39, 0.29) is 5.91 Å². The number of carbonyl (C=O) groups excluding carboxylic acids is 1. The van der Waals surface area contributed by atoms with E-state index < -0.39 is 0 Å². The van der Waals surface area contributed by atoms with E-state index in [1.54, 1.807) is 6.26 Å². The molecule has 0 aliphatic heterocycles. The molecule has 0 unspecified atom stereocenters. The van der Waals surface area contributed by atoms with Crippen molar-refractivity contribution in [3.8, 4) is 0 Å². The van der Waals surface area contributed by atoms with Gasteiger partial charge >= 0.3 is 0 Å². The molecule has 1 aromatic heterocycles. The fourth-order valence-corrected chi connectivity index (χ4v) is 1.34. The number of carbonyl (C=O) groups is 1. The minimum absolute atomic E-state index is 0.225. The number of amides is 1. The van der Waals surface area contributed by atoms with Crippen LogP contribution in [0.25, 0.3) is 0 Å². The normalized spacial score (nSPS) is 10.5.